The summed E-state index contributed by atoms with van der Waals surface area (Å²) in [6.45, 7) is -1.06. The first-order chi connectivity index (χ1) is 21.9. The summed E-state index contributed by atoms with van der Waals surface area (Å²) in [7, 11) is 0. The molecule has 45 heavy (non-hydrogen) atoms. The summed E-state index contributed by atoms with van der Waals surface area (Å²) in [5.74, 6) is 0. The van der Waals surface area contributed by atoms with Gasteiger partial charge in [0.05, 0.1) is 42.5 Å². The number of halogens is 1. The van der Waals surface area contributed by atoms with E-state index in [1.807, 2.05) is 12.1 Å². The number of nitrogens with zero attached hydrogens (tertiary/aromatic N) is 10. The van der Waals surface area contributed by atoms with Crippen molar-refractivity contribution in [1.82, 2.24) is 4.90 Å². The van der Waals surface area contributed by atoms with Crippen LogP contribution >= 0.6 is 0 Å². The molecule has 2 aromatic rings. The smallest absolute Gasteiger partial charge is 0.410 e. The molecular formula is C28H33FN10O6. The minimum Gasteiger partial charge on any atom is -0.445 e. The Hall–Kier alpha value is -4.59. The zero-order chi connectivity index (χ0) is 32.2. The molecule has 17 heteroatoms. The number of ether oxygens (including phenoxy) is 3. The molecule has 9 unspecified atom stereocenters. The van der Waals surface area contributed by atoms with E-state index in [4.69, 9.17) is 25.3 Å². The van der Waals surface area contributed by atoms with Crippen LogP contribution in [-0.4, -0.2) is 82.8 Å². The lowest BCUT2D eigenvalue weighted by Gasteiger charge is -2.45. The van der Waals surface area contributed by atoms with Gasteiger partial charge in [0.2, 0.25) is 0 Å². The lowest BCUT2D eigenvalue weighted by atomic mass is 9.84. The molecule has 1 aliphatic heterocycles. The van der Waals surface area contributed by atoms with Gasteiger partial charge in [0.15, 0.2) is 6.29 Å². The molecule has 2 aliphatic rings. The van der Waals surface area contributed by atoms with Gasteiger partial charge in [0.25, 0.3) is 0 Å². The second-order valence-corrected chi connectivity index (χ2v) is 10.6. The molecule has 2 fully saturated rings. The Morgan fingerprint density at radius 3 is 2.13 bits per heavy atom. The molecule has 0 spiro atoms. The fourth-order valence-corrected chi connectivity index (χ4v) is 5.53. The maximum atomic E-state index is 14.9. The fourth-order valence-electron chi connectivity index (χ4n) is 5.53. The number of benzene rings is 2. The predicted molar refractivity (Wildman–Crippen MR) is 157 cm³/mol. The number of aliphatic hydroxyl groups excluding tert-OH is 2. The normalized spacial score (nSPS) is 28.3. The quantitative estimate of drug-likeness (QED) is 0.182. The van der Waals surface area contributed by atoms with Crippen LogP contribution in [0.15, 0.2) is 76.0 Å². The van der Waals surface area contributed by atoms with Gasteiger partial charge < -0.3 is 24.4 Å². The highest BCUT2D eigenvalue weighted by molar-refractivity contribution is 5.68. The van der Waals surface area contributed by atoms with Crippen LogP contribution in [0, 0.1) is 0 Å². The van der Waals surface area contributed by atoms with E-state index in [1.54, 1.807) is 48.5 Å². The van der Waals surface area contributed by atoms with Gasteiger partial charge in [-0.3, -0.25) is 4.90 Å². The van der Waals surface area contributed by atoms with E-state index in [0.717, 1.165) is 5.56 Å². The van der Waals surface area contributed by atoms with Crippen molar-refractivity contribution >= 4 is 6.09 Å². The van der Waals surface area contributed by atoms with Crippen molar-refractivity contribution in [2.24, 2.45) is 15.3 Å². The van der Waals surface area contributed by atoms with Crippen molar-refractivity contribution in [3.05, 3.63) is 103 Å². The summed E-state index contributed by atoms with van der Waals surface area (Å²) < 4.78 is 32.6. The van der Waals surface area contributed by atoms with Crippen molar-refractivity contribution in [3.63, 3.8) is 0 Å². The summed E-state index contributed by atoms with van der Waals surface area (Å²) in [5.41, 5.74) is 28.6. The van der Waals surface area contributed by atoms with Gasteiger partial charge in [-0.2, -0.15) is 0 Å². The molecule has 1 saturated heterocycles. The third-order valence-electron chi connectivity index (χ3n) is 7.83. The molecule has 1 aliphatic carbocycles. The number of azide groups is 3. The molecule has 1 saturated carbocycles. The Labute approximate surface area is 257 Å². The van der Waals surface area contributed by atoms with Gasteiger partial charge in [-0.1, -0.05) is 76.0 Å². The Kier molecular flexibility index (Phi) is 12.2. The number of aliphatic hydroxyl groups is 2. The number of carbonyl (C=O) groups is 1. The first kappa shape index (κ1) is 33.3. The predicted octanol–water partition coefficient (Wildman–Crippen LogP) is 5.22. The molecule has 0 bridgehead atoms. The van der Waals surface area contributed by atoms with Crippen molar-refractivity contribution in [2.75, 3.05) is 6.67 Å². The zero-order valence-electron chi connectivity index (χ0n) is 24.1. The Balaban J connectivity index is 1.58. The highest BCUT2D eigenvalue weighted by Crippen LogP contribution is 2.34. The highest BCUT2D eigenvalue weighted by atomic mass is 19.1. The lowest BCUT2D eigenvalue weighted by molar-refractivity contribution is -0.260. The van der Waals surface area contributed by atoms with Crippen LogP contribution in [0.2, 0.25) is 0 Å². The second kappa shape index (κ2) is 16.5. The maximum absolute atomic E-state index is 14.9. The molecule has 9 atom stereocenters. The van der Waals surface area contributed by atoms with Crippen LogP contribution < -0.4 is 0 Å². The third kappa shape index (κ3) is 8.53. The minimum absolute atomic E-state index is 0.00149. The standard InChI is InChI=1S/C28H33FN10O6/c29-14-22(39(15-17-7-3-1-4-8-17)28(42)43-16-18-9-5-2-6-10-18)23-12-11-19(33-36-30)27(44-23)45-26-21(35-38-32)13-20(34-37-31)24(40)25(26)41/h1-10,19-27,40-41H,11-16H2. The van der Waals surface area contributed by atoms with Crippen LogP contribution in [0.1, 0.15) is 30.4 Å². The molecule has 16 nitrogen and oxygen atoms in total. The average Bonchev–Trinajstić information content (AvgIpc) is 3.06. The topological polar surface area (TPSA) is 235 Å². The van der Waals surface area contributed by atoms with E-state index in [2.05, 4.69) is 30.1 Å². The summed E-state index contributed by atoms with van der Waals surface area (Å²) in [5, 5.41) is 32.2. The Morgan fingerprint density at radius 2 is 1.51 bits per heavy atom. The second-order valence-electron chi connectivity index (χ2n) is 10.6. The van der Waals surface area contributed by atoms with Crippen molar-refractivity contribution in [2.45, 2.75) is 87.3 Å². The fraction of sp³-hybridized carbons (Fsp3) is 0.536. The highest BCUT2D eigenvalue weighted by Gasteiger charge is 2.47. The Morgan fingerprint density at radius 1 is 0.911 bits per heavy atom. The largest absolute Gasteiger partial charge is 0.445 e. The van der Waals surface area contributed by atoms with Gasteiger partial charge in [-0.25, -0.2) is 9.18 Å². The Bertz CT molecular complexity index is 1410. The zero-order valence-corrected chi connectivity index (χ0v) is 24.1. The number of carbonyl (C=O) groups excluding carboxylic acids is 1. The van der Waals surface area contributed by atoms with E-state index in [1.165, 1.54) is 4.90 Å². The van der Waals surface area contributed by atoms with Crippen LogP contribution in [0.5, 0.6) is 0 Å². The number of alkyl halides is 1. The SMILES string of the molecule is [N-]=[N+]=NC1CCC(C(CF)N(Cc2ccccc2)C(=O)OCc2ccccc2)OC1OC1C(N=[N+]=[N-])CC(N=[N+]=[N-])C(O)C1O. The van der Waals surface area contributed by atoms with E-state index in [0.29, 0.717) is 5.56 Å². The molecule has 2 aromatic carbocycles. The van der Waals surface area contributed by atoms with E-state index >= 15 is 0 Å². The monoisotopic (exact) mass is 624 g/mol. The summed E-state index contributed by atoms with van der Waals surface area (Å²) in [6, 6.07) is 13.7. The van der Waals surface area contributed by atoms with E-state index in [-0.39, 0.29) is 32.4 Å². The molecule has 238 valence electrons. The van der Waals surface area contributed by atoms with E-state index in [9.17, 15) is 24.9 Å². The molecule has 0 aromatic heterocycles. The van der Waals surface area contributed by atoms with Crippen LogP contribution in [0.4, 0.5) is 9.18 Å². The van der Waals surface area contributed by atoms with Gasteiger partial charge in [-0.05, 0) is 47.0 Å². The van der Waals surface area contributed by atoms with Gasteiger partial charge in [0.1, 0.15) is 19.4 Å². The van der Waals surface area contributed by atoms with Crippen molar-refractivity contribution in [3.8, 4) is 0 Å². The summed E-state index contributed by atoms with van der Waals surface area (Å²) >= 11 is 0. The number of hydrogen-bond donors (Lipinski definition) is 2. The molecular weight excluding hydrogens is 591 g/mol. The van der Waals surface area contributed by atoms with Crippen LogP contribution in [0.3, 0.4) is 0 Å². The van der Waals surface area contributed by atoms with Crippen molar-refractivity contribution in [1.29, 1.82) is 0 Å². The number of amides is 1. The van der Waals surface area contributed by atoms with E-state index < -0.39 is 67.6 Å². The molecule has 1 amide bonds. The number of hydrogen-bond acceptors (Lipinski definition) is 9. The minimum atomic E-state index is -1.68. The molecule has 2 N–H and O–H groups in total. The molecule has 0 radical (unpaired) electrons. The van der Waals surface area contributed by atoms with Gasteiger partial charge in [-0.15, -0.1) is 0 Å². The first-order valence-electron chi connectivity index (χ1n) is 14.3. The number of rotatable bonds is 12. The van der Waals surface area contributed by atoms with Gasteiger partial charge in [0, 0.05) is 21.3 Å². The lowest BCUT2D eigenvalue weighted by Crippen LogP contribution is -2.59. The average molecular weight is 625 g/mol. The summed E-state index contributed by atoms with van der Waals surface area (Å²) in [6.07, 6.45) is -7.55. The summed E-state index contributed by atoms with van der Waals surface area (Å²) in [4.78, 5) is 23.0. The van der Waals surface area contributed by atoms with Gasteiger partial charge >= 0.3 is 6.09 Å². The van der Waals surface area contributed by atoms with Crippen LogP contribution in [-0.2, 0) is 27.4 Å². The third-order valence-corrected chi connectivity index (χ3v) is 7.83. The maximum Gasteiger partial charge on any atom is 0.410 e. The molecule has 4 rings (SSSR count). The van der Waals surface area contributed by atoms with Crippen LogP contribution in [0.25, 0.3) is 31.3 Å². The first-order valence-corrected chi connectivity index (χ1v) is 14.3. The van der Waals surface area contributed by atoms with Crippen molar-refractivity contribution < 1.29 is 33.6 Å². The molecule has 1 heterocycles.